The molecule has 4 rings (SSSR count). The number of carbonyl (C=O) groups is 1. The summed E-state index contributed by atoms with van der Waals surface area (Å²) in [5.41, 5.74) is 5.22. The summed E-state index contributed by atoms with van der Waals surface area (Å²) in [5.74, 6) is 0.863. The van der Waals surface area contributed by atoms with Gasteiger partial charge in [-0.3, -0.25) is 4.79 Å². The summed E-state index contributed by atoms with van der Waals surface area (Å²) in [5, 5.41) is 4.38. The van der Waals surface area contributed by atoms with Crippen molar-refractivity contribution in [2.24, 2.45) is 0 Å². The van der Waals surface area contributed by atoms with Crippen LogP contribution in [0.5, 0.6) is 5.75 Å². The number of fused-ring (bicyclic) bond motifs is 1. The minimum atomic E-state index is -0.263. The molecule has 5 nitrogen and oxygen atoms in total. The molecule has 0 saturated heterocycles. The number of hydrogen-bond donors (Lipinski definition) is 1. The lowest BCUT2D eigenvalue weighted by molar-refractivity contribution is -0.111. The molecule has 2 aromatic carbocycles. The van der Waals surface area contributed by atoms with E-state index in [2.05, 4.69) is 10.3 Å². The van der Waals surface area contributed by atoms with Gasteiger partial charge < -0.3 is 14.5 Å². The van der Waals surface area contributed by atoms with E-state index in [9.17, 15) is 4.79 Å². The van der Waals surface area contributed by atoms with Gasteiger partial charge in [-0.2, -0.15) is 0 Å². The summed E-state index contributed by atoms with van der Waals surface area (Å²) in [4.78, 5) is 16.7. The number of nitrogens with zero attached hydrogens (tertiary/aromatic N) is 1. The van der Waals surface area contributed by atoms with Gasteiger partial charge in [0.15, 0.2) is 0 Å². The average molecular weight is 433 g/mol. The molecule has 0 fully saturated rings. The first kappa shape index (κ1) is 20.7. The number of ether oxygens (including phenoxy) is 1. The first-order valence-corrected chi connectivity index (χ1v) is 10.1. The van der Waals surface area contributed by atoms with Crippen molar-refractivity contribution >= 4 is 39.9 Å². The molecule has 0 spiro atoms. The molecule has 31 heavy (non-hydrogen) atoms. The standard InChI is InChI=1S/C25H21ClN2O3/c1-15-4-9-24(27-13-15)28-25(29)10-16(2)19-11-20-21(17-5-7-18(26)8-6-17)14-31-23(20)12-22(19)30-3/h4-14H,1-3H3,(H,27,28,29)/b16-10+. The van der Waals surface area contributed by atoms with Crippen LogP contribution < -0.4 is 10.1 Å². The van der Waals surface area contributed by atoms with E-state index in [0.29, 0.717) is 22.2 Å². The average Bonchev–Trinajstić information content (AvgIpc) is 3.17. The summed E-state index contributed by atoms with van der Waals surface area (Å²) < 4.78 is 11.3. The Labute approximate surface area is 185 Å². The van der Waals surface area contributed by atoms with E-state index in [1.165, 1.54) is 6.08 Å². The van der Waals surface area contributed by atoms with Gasteiger partial charge in [0, 0.05) is 39.9 Å². The maximum Gasteiger partial charge on any atom is 0.249 e. The van der Waals surface area contributed by atoms with Crippen LogP contribution in [0.3, 0.4) is 0 Å². The van der Waals surface area contributed by atoms with Crippen molar-refractivity contribution in [1.82, 2.24) is 4.98 Å². The Morgan fingerprint density at radius 2 is 1.94 bits per heavy atom. The number of methoxy groups -OCH3 is 1. The van der Waals surface area contributed by atoms with Crippen LogP contribution in [0.15, 0.2) is 71.5 Å². The molecule has 0 aliphatic heterocycles. The fraction of sp³-hybridized carbons (Fsp3) is 0.120. The van der Waals surface area contributed by atoms with E-state index in [1.807, 2.05) is 56.3 Å². The third kappa shape index (κ3) is 4.47. The van der Waals surface area contributed by atoms with Crippen LogP contribution >= 0.6 is 11.6 Å². The highest BCUT2D eigenvalue weighted by Gasteiger charge is 2.15. The van der Waals surface area contributed by atoms with Crippen molar-refractivity contribution in [3.8, 4) is 16.9 Å². The largest absolute Gasteiger partial charge is 0.496 e. The normalized spacial score (nSPS) is 11.5. The van der Waals surface area contributed by atoms with Gasteiger partial charge in [-0.1, -0.05) is 29.8 Å². The number of pyridine rings is 1. The van der Waals surface area contributed by atoms with Crippen LogP contribution in [-0.4, -0.2) is 18.0 Å². The molecule has 0 bridgehead atoms. The molecule has 1 amide bonds. The Morgan fingerprint density at radius 3 is 2.61 bits per heavy atom. The predicted molar refractivity (Wildman–Crippen MR) is 124 cm³/mol. The second-order valence-corrected chi connectivity index (χ2v) is 7.68. The molecule has 0 aliphatic rings. The summed E-state index contributed by atoms with van der Waals surface area (Å²) >= 11 is 6.02. The molecule has 156 valence electrons. The summed E-state index contributed by atoms with van der Waals surface area (Å²) in [7, 11) is 1.59. The van der Waals surface area contributed by atoms with E-state index >= 15 is 0 Å². The zero-order chi connectivity index (χ0) is 22.0. The highest BCUT2D eigenvalue weighted by atomic mass is 35.5. The fourth-order valence-corrected chi connectivity index (χ4v) is 3.49. The zero-order valence-electron chi connectivity index (χ0n) is 17.4. The molecule has 0 saturated carbocycles. The first-order chi connectivity index (χ1) is 14.9. The molecular formula is C25H21ClN2O3. The molecule has 2 aromatic heterocycles. The summed E-state index contributed by atoms with van der Waals surface area (Å²) in [6, 6.07) is 15.1. The van der Waals surface area contributed by atoms with E-state index in [1.54, 1.807) is 25.6 Å². The van der Waals surface area contributed by atoms with E-state index in [4.69, 9.17) is 20.8 Å². The lowest BCUT2D eigenvalue weighted by atomic mass is 9.99. The third-order valence-corrected chi connectivity index (χ3v) is 5.24. The lowest BCUT2D eigenvalue weighted by Gasteiger charge is -2.10. The Morgan fingerprint density at radius 1 is 1.16 bits per heavy atom. The number of aromatic nitrogens is 1. The number of furan rings is 1. The van der Waals surface area contributed by atoms with Crippen molar-refractivity contribution in [2.75, 3.05) is 12.4 Å². The van der Waals surface area contributed by atoms with Crippen LogP contribution in [0.25, 0.3) is 27.7 Å². The Balaban J connectivity index is 1.70. The van der Waals surface area contributed by atoms with Gasteiger partial charge >= 0.3 is 0 Å². The van der Waals surface area contributed by atoms with Crippen LogP contribution in [0.2, 0.25) is 5.02 Å². The third-order valence-electron chi connectivity index (χ3n) is 4.99. The summed E-state index contributed by atoms with van der Waals surface area (Å²) in [6.45, 7) is 3.81. The minimum absolute atomic E-state index is 0.263. The number of amides is 1. The molecule has 0 atom stereocenters. The van der Waals surface area contributed by atoms with Crippen molar-refractivity contribution in [2.45, 2.75) is 13.8 Å². The van der Waals surface area contributed by atoms with E-state index < -0.39 is 0 Å². The number of allylic oxidation sites excluding steroid dienone is 1. The number of anilines is 1. The molecule has 0 radical (unpaired) electrons. The molecule has 4 aromatic rings. The lowest BCUT2D eigenvalue weighted by Crippen LogP contribution is -2.10. The van der Waals surface area contributed by atoms with Crippen LogP contribution in [0.1, 0.15) is 18.1 Å². The van der Waals surface area contributed by atoms with Crippen molar-refractivity contribution in [3.05, 3.63) is 83.2 Å². The smallest absolute Gasteiger partial charge is 0.249 e. The maximum absolute atomic E-state index is 12.5. The maximum atomic E-state index is 12.5. The van der Waals surface area contributed by atoms with Crippen molar-refractivity contribution < 1.29 is 13.9 Å². The van der Waals surface area contributed by atoms with E-state index in [0.717, 1.165) is 33.2 Å². The first-order valence-electron chi connectivity index (χ1n) is 9.72. The number of aryl methyl sites for hydroxylation is 1. The SMILES string of the molecule is COc1cc2occ(-c3ccc(Cl)cc3)c2cc1/C(C)=C/C(=O)Nc1ccc(C)cn1. The van der Waals surface area contributed by atoms with Gasteiger partial charge in [-0.25, -0.2) is 4.98 Å². The van der Waals surface area contributed by atoms with Crippen LogP contribution in [0.4, 0.5) is 5.82 Å². The molecular weight excluding hydrogens is 412 g/mol. The van der Waals surface area contributed by atoms with Crippen LogP contribution in [0, 0.1) is 6.92 Å². The second kappa shape index (κ2) is 8.66. The fourth-order valence-electron chi connectivity index (χ4n) is 3.36. The summed E-state index contributed by atoms with van der Waals surface area (Å²) in [6.07, 6.45) is 4.96. The van der Waals surface area contributed by atoms with Crippen LogP contribution in [-0.2, 0) is 4.79 Å². The minimum Gasteiger partial charge on any atom is -0.496 e. The van der Waals surface area contributed by atoms with Gasteiger partial charge in [-0.15, -0.1) is 0 Å². The Kier molecular flexibility index (Phi) is 5.78. The molecule has 0 aliphatic carbocycles. The molecule has 2 heterocycles. The Hall–Kier alpha value is -3.57. The van der Waals surface area contributed by atoms with Gasteiger partial charge in [-0.05, 0) is 54.8 Å². The number of halogens is 1. The Bertz CT molecular complexity index is 1270. The monoisotopic (exact) mass is 432 g/mol. The zero-order valence-corrected chi connectivity index (χ0v) is 18.2. The van der Waals surface area contributed by atoms with Gasteiger partial charge in [0.05, 0.1) is 13.4 Å². The highest BCUT2D eigenvalue weighted by molar-refractivity contribution is 6.30. The number of rotatable bonds is 5. The second-order valence-electron chi connectivity index (χ2n) is 7.24. The predicted octanol–water partition coefficient (Wildman–Crippen LogP) is 6.51. The number of hydrogen-bond acceptors (Lipinski definition) is 4. The number of benzene rings is 2. The molecule has 0 unspecified atom stereocenters. The van der Waals surface area contributed by atoms with Crippen molar-refractivity contribution in [1.29, 1.82) is 0 Å². The topological polar surface area (TPSA) is 64.4 Å². The number of carbonyl (C=O) groups excluding carboxylic acids is 1. The number of nitrogens with one attached hydrogen (secondary N) is 1. The molecule has 1 N–H and O–H groups in total. The molecule has 6 heteroatoms. The van der Waals surface area contributed by atoms with Gasteiger partial charge in [0.1, 0.15) is 17.2 Å². The highest BCUT2D eigenvalue weighted by Crippen LogP contribution is 2.37. The van der Waals surface area contributed by atoms with Gasteiger partial charge in [0.2, 0.25) is 5.91 Å². The van der Waals surface area contributed by atoms with Gasteiger partial charge in [0.25, 0.3) is 0 Å². The quantitative estimate of drug-likeness (QED) is 0.365. The van der Waals surface area contributed by atoms with Crippen molar-refractivity contribution in [3.63, 3.8) is 0 Å². The van der Waals surface area contributed by atoms with E-state index in [-0.39, 0.29) is 5.91 Å².